The number of thiocarbonyl (C=S) groups is 1. The van der Waals surface area contributed by atoms with Crippen LogP contribution in [0.2, 0.25) is 0 Å². The van der Waals surface area contributed by atoms with Crippen molar-refractivity contribution >= 4 is 35.3 Å². The van der Waals surface area contributed by atoms with Gasteiger partial charge in [-0.05, 0) is 50.5 Å². The lowest BCUT2D eigenvalue weighted by Crippen LogP contribution is -2.51. The zero-order valence-electron chi connectivity index (χ0n) is 20.6. The Morgan fingerprint density at radius 3 is 2.57 bits per heavy atom. The van der Waals surface area contributed by atoms with Crippen LogP contribution in [0, 0.1) is 13.8 Å². The molecule has 0 bridgehead atoms. The number of ether oxygens (including phenoxy) is 1. The summed E-state index contributed by atoms with van der Waals surface area (Å²) < 4.78 is 5.69. The van der Waals surface area contributed by atoms with Gasteiger partial charge < -0.3 is 15.0 Å². The first-order valence-corrected chi connectivity index (χ1v) is 12.7. The number of piperazine rings is 1. The molecule has 0 aliphatic carbocycles. The minimum atomic E-state index is 0.204. The zero-order chi connectivity index (χ0) is 24.5. The van der Waals surface area contributed by atoms with E-state index in [1.165, 1.54) is 5.56 Å². The molecule has 4 rings (SSSR count). The summed E-state index contributed by atoms with van der Waals surface area (Å²) in [6, 6.07) is 12.4. The van der Waals surface area contributed by atoms with Gasteiger partial charge in [0.2, 0.25) is 11.9 Å². The first-order valence-electron chi connectivity index (χ1n) is 12.3. The number of hydrogen-bond donors (Lipinski definition) is 2. The molecule has 0 amide bonds. The second-order valence-corrected chi connectivity index (χ2v) is 9.34. The van der Waals surface area contributed by atoms with Crippen molar-refractivity contribution in [2.45, 2.75) is 32.8 Å². The highest BCUT2D eigenvalue weighted by Crippen LogP contribution is 2.11. The van der Waals surface area contributed by atoms with E-state index in [0.717, 1.165) is 63.6 Å². The minimum Gasteiger partial charge on any atom is -0.376 e. The number of nitrogens with zero attached hydrogens (tertiary/aromatic N) is 5. The van der Waals surface area contributed by atoms with E-state index in [2.05, 4.69) is 66.8 Å². The highest BCUT2D eigenvalue weighted by Gasteiger charge is 2.21. The van der Waals surface area contributed by atoms with E-state index in [1.54, 1.807) is 0 Å². The van der Waals surface area contributed by atoms with Crippen LogP contribution < -0.4 is 10.6 Å². The number of aromatic nitrogens is 2. The van der Waals surface area contributed by atoms with Crippen LogP contribution in [0.1, 0.15) is 29.8 Å². The maximum Gasteiger partial charge on any atom is 0.229 e. The standard InChI is InChI=1S/C26H35N7OS/c1-20-18-21(2)29-24(28-20)30-25(31-26(35)27-19-23-11-7-17-34-23)33-15-13-32(14-16-33)12-6-10-22-8-4-3-5-9-22/h3-6,8-10,18,23H,7,11-17,19H2,1-2H3,(H2,27,28,29,30,31,35)/b10-6+. The summed E-state index contributed by atoms with van der Waals surface area (Å²) in [6.07, 6.45) is 6.77. The van der Waals surface area contributed by atoms with Gasteiger partial charge in [0.1, 0.15) is 0 Å². The number of benzene rings is 1. The predicted octanol–water partition coefficient (Wildman–Crippen LogP) is 3.25. The average Bonchev–Trinajstić information content (AvgIpc) is 3.37. The van der Waals surface area contributed by atoms with Crippen molar-refractivity contribution in [3.05, 3.63) is 59.4 Å². The number of aliphatic imine (C=N–C) groups is 1. The average molecular weight is 494 g/mol. The molecule has 9 heteroatoms. The summed E-state index contributed by atoms with van der Waals surface area (Å²) in [4.78, 5) is 18.5. The second-order valence-electron chi connectivity index (χ2n) is 8.96. The summed E-state index contributed by atoms with van der Waals surface area (Å²) in [7, 11) is 0. The number of guanidine groups is 1. The lowest BCUT2D eigenvalue weighted by atomic mass is 10.2. The number of nitrogens with one attached hydrogen (secondary N) is 2. The SMILES string of the molecule is Cc1cc(C)nc(N/C(=N/C(=S)NCC2CCCO2)N2CCN(C/C=C/c3ccccc3)CC2)n1. The van der Waals surface area contributed by atoms with E-state index in [9.17, 15) is 0 Å². The smallest absolute Gasteiger partial charge is 0.229 e. The van der Waals surface area contributed by atoms with Crippen molar-refractivity contribution in [1.29, 1.82) is 0 Å². The Balaban J connectivity index is 1.37. The Bertz CT molecular complexity index is 1010. The Morgan fingerprint density at radius 1 is 1.14 bits per heavy atom. The number of anilines is 1. The van der Waals surface area contributed by atoms with Gasteiger partial charge in [-0.3, -0.25) is 10.2 Å². The minimum absolute atomic E-state index is 0.204. The van der Waals surface area contributed by atoms with Crippen molar-refractivity contribution in [3.8, 4) is 0 Å². The van der Waals surface area contributed by atoms with E-state index in [1.807, 2.05) is 26.0 Å². The third-order valence-electron chi connectivity index (χ3n) is 6.06. The van der Waals surface area contributed by atoms with Gasteiger partial charge in [-0.25, -0.2) is 9.97 Å². The molecule has 1 atom stereocenters. The van der Waals surface area contributed by atoms with E-state index in [0.29, 0.717) is 23.6 Å². The monoisotopic (exact) mass is 493 g/mol. The van der Waals surface area contributed by atoms with Crippen molar-refractivity contribution in [1.82, 2.24) is 25.1 Å². The molecule has 3 heterocycles. The van der Waals surface area contributed by atoms with Crippen LogP contribution >= 0.6 is 12.2 Å². The van der Waals surface area contributed by atoms with Gasteiger partial charge in [0, 0.05) is 57.3 Å². The molecule has 2 N–H and O–H groups in total. The molecule has 1 unspecified atom stereocenters. The quantitative estimate of drug-likeness (QED) is 0.361. The molecule has 1 aromatic heterocycles. The normalized spacial score (nSPS) is 19.3. The molecule has 0 saturated carbocycles. The fourth-order valence-electron chi connectivity index (χ4n) is 4.25. The van der Waals surface area contributed by atoms with E-state index in [4.69, 9.17) is 21.9 Å². The molecule has 0 spiro atoms. The molecule has 8 nitrogen and oxygen atoms in total. The maximum absolute atomic E-state index is 5.69. The molecule has 0 radical (unpaired) electrons. The van der Waals surface area contributed by atoms with Crippen LogP contribution in [0.15, 0.2) is 47.5 Å². The third-order valence-corrected chi connectivity index (χ3v) is 6.30. The van der Waals surface area contributed by atoms with Crippen LogP contribution in [0.3, 0.4) is 0 Å². The predicted molar refractivity (Wildman–Crippen MR) is 146 cm³/mol. The summed E-state index contributed by atoms with van der Waals surface area (Å²) in [5, 5.41) is 7.02. The molecule has 186 valence electrons. The highest BCUT2D eigenvalue weighted by atomic mass is 32.1. The van der Waals surface area contributed by atoms with E-state index >= 15 is 0 Å². The lowest BCUT2D eigenvalue weighted by Gasteiger charge is -2.35. The topological polar surface area (TPSA) is 77.9 Å². The zero-order valence-corrected chi connectivity index (χ0v) is 21.4. The Kier molecular flexibility index (Phi) is 9.16. The highest BCUT2D eigenvalue weighted by molar-refractivity contribution is 7.80. The number of hydrogen-bond acceptors (Lipinski definition) is 5. The van der Waals surface area contributed by atoms with E-state index < -0.39 is 0 Å². The van der Waals surface area contributed by atoms with E-state index in [-0.39, 0.29) is 6.10 Å². The van der Waals surface area contributed by atoms with Gasteiger partial charge in [0.15, 0.2) is 5.11 Å². The Morgan fingerprint density at radius 2 is 1.89 bits per heavy atom. The summed E-state index contributed by atoms with van der Waals surface area (Å²) in [6.45, 7) is 9.89. The lowest BCUT2D eigenvalue weighted by molar-refractivity contribution is 0.114. The Hall–Kier alpha value is -2.88. The van der Waals surface area contributed by atoms with Crippen LogP contribution in [0.5, 0.6) is 0 Å². The van der Waals surface area contributed by atoms with Crippen LogP contribution in [-0.2, 0) is 4.74 Å². The molecular formula is C26H35N7OS. The van der Waals surface area contributed by atoms with Gasteiger partial charge in [-0.15, -0.1) is 0 Å². The second kappa shape index (κ2) is 12.7. The van der Waals surface area contributed by atoms with Gasteiger partial charge >= 0.3 is 0 Å². The largest absolute Gasteiger partial charge is 0.376 e. The first-order chi connectivity index (χ1) is 17.0. The molecule has 2 aromatic rings. The van der Waals surface area contributed by atoms with Gasteiger partial charge in [-0.2, -0.15) is 4.99 Å². The van der Waals surface area contributed by atoms with Crippen LogP contribution in [0.4, 0.5) is 5.95 Å². The summed E-state index contributed by atoms with van der Waals surface area (Å²) >= 11 is 5.55. The summed E-state index contributed by atoms with van der Waals surface area (Å²) in [5.41, 5.74) is 3.05. The molecule has 2 aliphatic heterocycles. The van der Waals surface area contributed by atoms with Crippen LogP contribution in [0.25, 0.3) is 6.08 Å². The molecule has 2 fully saturated rings. The molecule has 2 saturated heterocycles. The number of rotatable bonds is 6. The van der Waals surface area contributed by atoms with Gasteiger partial charge in [-0.1, -0.05) is 42.5 Å². The van der Waals surface area contributed by atoms with Gasteiger partial charge in [0.05, 0.1) is 6.10 Å². The third kappa shape index (κ3) is 8.09. The number of aryl methyl sites for hydroxylation is 2. The fourth-order valence-corrected chi connectivity index (χ4v) is 4.42. The maximum atomic E-state index is 5.69. The summed E-state index contributed by atoms with van der Waals surface area (Å²) in [5.74, 6) is 1.22. The van der Waals surface area contributed by atoms with Crippen molar-refractivity contribution in [2.24, 2.45) is 4.99 Å². The van der Waals surface area contributed by atoms with Crippen molar-refractivity contribution in [2.75, 3.05) is 51.2 Å². The van der Waals surface area contributed by atoms with Crippen molar-refractivity contribution < 1.29 is 4.74 Å². The molecular weight excluding hydrogens is 458 g/mol. The molecule has 35 heavy (non-hydrogen) atoms. The van der Waals surface area contributed by atoms with Gasteiger partial charge in [0.25, 0.3) is 0 Å². The molecule has 1 aromatic carbocycles. The fraction of sp³-hybridized carbons (Fsp3) is 0.462. The Labute approximate surface area is 213 Å². The first kappa shape index (κ1) is 25.2. The van der Waals surface area contributed by atoms with Crippen molar-refractivity contribution in [3.63, 3.8) is 0 Å². The van der Waals surface area contributed by atoms with Crippen LogP contribution in [-0.4, -0.2) is 82.8 Å². The molecule has 2 aliphatic rings.